The zero-order chi connectivity index (χ0) is 19.8. The highest BCUT2D eigenvalue weighted by Crippen LogP contribution is 2.36. The third-order valence-electron chi connectivity index (χ3n) is 5.15. The summed E-state index contributed by atoms with van der Waals surface area (Å²) in [7, 11) is 0. The molecule has 0 N–H and O–H groups in total. The number of halogens is 2. The van der Waals surface area contributed by atoms with Crippen molar-refractivity contribution in [2.24, 2.45) is 11.8 Å². The van der Waals surface area contributed by atoms with Crippen LogP contribution in [-0.4, -0.2) is 0 Å². The van der Waals surface area contributed by atoms with Crippen molar-refractivity contribution in [3.63, 3.8) is 0 Å². The van der Waals surface area contributed by atoms with Crippen molar-refractivity contribution in [1.82, 2.24) is 0 Å². The van der Waals surface area contributed by atoms with Crippen LogP contribution in [-0.2, 0) is 0 Å². The van der Waals surface area contributed by atoms with E-state index in [9.17, 15) is 8.78 Å². The Morgan fingerprint density at radius 1 is 1.04 bits per heavy atom. The molecule has 0 heterocycles. The molecule has 0 bridgehead atoms. The van der Waals surface area contributed by atoms with E-state index >= 15 is 0 Å². The fraction of sp³-hybridized carbons (Fsp3) is 0.435. The standard InChI is InChI=1S/C21H21F2NS.C2H6/c1-14-5-7-17(8-6-14)15-3-2-4-16(10-9-15)18-11-19(22)21(25-13-24)20(23)12-18;1-2/h2,4,9-12,14,17H,3,5-8H2,1H3;1-2H3. The molecule has 2 aliphatic rings. The molecule has 0 aromatic heterocycles. The summed E-state index contributed by atoms with van der Waals surface area (Å²) >= 11 is 0.513. The normalized spacial score (nSPS) is 21.9. The van der Waals surface area contributed by atoms with Crippen LogP contribution in [0.15, 0.2) is 46.9 Å². The van der Waals surface area contributed by atoms with Crippen LogP contribution in [0.5, 0.6) is 0 Å². The molecule has 1 aromatic carbocycles. The molecule has 0 unspecified atom stereocenters. The molecule has 0 radical (unpaired) electrons. The van der Waals surface area contributed by atoms with Crippen molar-refractivity contribution in [3.05, 3.63) is 59.2 Å². The van der Waals surface area contributed by atoms with Gasteiger partial charge in [0.1, 0.15) is 17.0 Å². The van der Waals surface area contributed by atoms with Crippen LogP contribution in [0.25, 0.3) is 5.57 Å². The number of thioether (sulfide) groups is 1. The van der Waals surface area contributed by atoms with Crippen LogP contribution in [0.3, 0.4) is 0 Å². The van der Waals surface area contributed by atoms with E-state index in [1.807, 2.05) is 26.0 Å². The molecule has 1 fully saturated rings. The van der Waals surface area contributed by atoms with E-state index in [0.29, 0.717) is 23.2 Å². The van der Waals surface area contributed by atoms with Crippen LogP contribution in [0, 0.1) is 34.1 Å². The van der Waals surface area contributed by atoms with E-state index in [1.54, 1.807) is 5.40 Å². The van der Waals surface area contributed by atoms with Gasteiger partial charge in [-0.25, -0.2) is 8.78 Å². The predicted molar refractivity (Wildman–Crippen MR) is 110 cm³/mol. The largest absolute Gasteiger partial charge is 0.206 e. The van der Waals surface area contributed by atoms with Crippen molar-refractivity contribution < 1.29 is 8.78 Å². The Kier molecular flexibility index (Phi) is 8.31. The molecule has 0 atom stereocenters. The summed E-state index contributed by atoms with van der Waals surface area (Å²) in [6.45, 7) is 6.31. The van der Waals surface area contributed by atoms with Gasteiger partial charge >= 0.3 is 0 Å². The van der Waals surface area contributed by atoms with Crippen molar-refractivity contribution in [2.45, 2.75) is 57.8 Å². The molecule has 0 saturated heterocycles. The number of benzene rings is 1. The first kappa shape index (κ1) is 21.4. The van der Waals surface area contributed by atoms with Crippen molar-refractivity contribution in [2.75, 3.05) is 0 Å². The van der Waals surface area contributed by atoms with Gasteiger partial charge in [0.25, 0.3) is 0 Å². The minimum atomic E-state index is -0.689. The Bertz CT molecular complexity index is 755. The second kappa shape index (κ2) is 10.5. The SMILES string of the molecule is CC.CC1CCC(C2=CC=C(c3cc(F)c(SC#N)c(F)c3)C=CC2)CC1. The van der Waals surface area contributed by atoms with Gasteiger partial charge in [-0.1, -0.05) is 63.5 Å². The summed E-state index contributed by atoms with van der Waals surface area (Å²) in [5, 5.41) is 10.4. The molecule has 144 valence electrons. The first-order chi connectivity index (χ1) is 13.1. The summed E-state index contributed by atoms with van der Waals surface area (Å²) in [5.41, 5.74) is 2.71. The van der Waals surface area contributed by atoms with E-state index in [-0.39, 0.29) is 4.90 Å². The third-order valence-corrected chi connectivity index (χ3v) is 5.83. The van der Waals surface area contributed by atoms with Crippen molar-refractivity contribution in [1.29, 1.82) is 5.26 Å². The Morgan fingerprint density at radius 3 is 2.26 bits per heavy atom. The number of nitriles is 1. The summed E-state index contributed by atoms with van der Waals surface area (Å²) in [6, 6.07) is 2.61. The monoisotopic (exact) mass is 387 g/mol. The van der Waals surface area contributed by atoms with E-state index < -0.39 is 11.6 Å². The Morgan fingerprint density at radius 2 is 1.67 bits per heavy atom. The Hall–Kier alpha value is -1.86. The zero-order valence-corrected chi connectivity index (χ0v) is 17.1. The van der Waals surface area contributed by atoms with E-state index in [1.165, 1.54) is 43.4 Å². The van der Waals surface area contributed by atoms with Gasteiger partial charge in [0.2, 0.25) is 0 Å². The lowest BCUT2D eigenvalue weighted by Crippen LogP contribution is -2.14. The fourth-order valence-electron chi connectivity index (χ4n) is 3.64. The first-order valence-corrected chi connectivity index (χ1v) is 10.5. The highest BCUT2D eigenvalue weighted by Gasteiger charge is 2.21. The summed E-state index contributed by atoms with van der Waals surface area (Å²) in [5.74, 6) is 0.0653. The number of rotatable bonds is 3. The maximum Gasteiger partial charge on any atom is 0.141 e. The number of nitrogens with zero attached hydrogens (tertiary/aromatic N) is 1. The molecule has 2 aliphatic carbocycles. The lowest BCUT2D eigenvalue weighted by molar-refractivity contribution is 0.318. The Labute approximate surface area is 165 Å². The lowest BCUT2D eigenvalue weighted by Gasteiger charge is -2.27. The van der Waals surface area contributed by atoms with Crippen LogP contribution < -0.4 is 0 Å². The van der Waals surface area contributed by atoms with E-state index in [2.05, 4.69) is 19.1 Å². The fourth-order valence-corrected chi connectivity index (χ4v) is 4.04. The predicted octanol–water partition coefficient (Wildman–Crippen LogP) is 7.66. The summed E-state index contributed by atoms with van der Waals surface area (Å²) < 4.78 is 28.2. The second-order valence-corrected chi connectivity index (χ2v) is 7.68. The van der Waals surface area contributed by atoms with Crippen LogP contribution in [0.1, 0.15) is 58.4 Å². The quantitative estimate of drug-likeness (QED) is 0.392. The first-order valence-electron chi connectivity index (χ1n) is 9.71. The van der Waals surface area contributed by atoms with Crippen molar-refractivity contribution >= 4 is 17.3 Å². The zero-order valence-electron chi connectivity index (χ0n) is 16.3. The van der Waals surface area contributed by atoms with Gasteiger partial charge in [0.15, 0.2) is 0 Å². The van der Waals surface area contributed by atoms with Crippen molar-refractivity contribution in [3.8, 4) is 5.40 Å². The van der Waals surface area contributed by atoms with Gasteiger partial charge < -0.3 is 0 Å². The molecule has 0 spiro atoms. The number of hydrogen-bond donors (Lipinski definition) is 0. The molecule has 1 nitrogen and oxygen atoms in total. The molecular formula is C23H27F2NS. The minimum Gasteiger partial charge on any atom is -0.206 e. The van der Waals surface area contributed by atoms with Gasteiger partial charge in [-0.05, 0) is 66.1 Å². The van der Waals surface area contributed by atoms with E-state index in [0.717, 1.165) is 17.9 Å². The van der Waals surface area contributed by atoms with Gasteiger partial charge in [0.05, 0.1) is 4.90 Å². The molecular weight excluding hydrogens is 360 g/mol. The average molecular weight is 388 g/mol. The topological polar surface area (TPSA) is 23.8 Å². The molecule has 27 heavy (non-hydrogen) atoms. The van der Waals surface area contributed by atoms with E-state index in [4.69, 9.17) is 5.26 Å². The maximum atomic E-state index is 14.1. The smallest absolute Gasteiger partial charge is 0.141 e. The van der Waals surface area contributed by atoms with Gasteiger partial charge in [-0.2, -0.15) is 5.26 Å². The van der Waals surface area contributed by atoms with Crippen LogP contribution >= 0.6 is 11.8 Å². The average Bonchev–Trinajstić information content (AvgIpc) is 2.93. The van der Waals surface area contributed by atoms with Crippen LogP contribution in [0.4, 0.5) is 8.78 Å². The highest BCUT2D eigenvalue weighted by molar-refractivity contribution is 8.03. The number of allylic oxidation sites excluding steroid dienone is 6. The highest BCUT2D eigenvalue weighted by atomic mass is 32.2. The molecule has 1 aromatic rings. The molecule has 1 saturated carbocycles. The Balaban J connectivity index is 0.00000126. The maximum absolute atomic E-state index is 14.1. The van der Waals surface area contributed by atoms with Gasteiger partial charge in [-0.15, -0.1) is 0 Å². The second-order valence-electron chi connectivity index (χ2n) is 6.89. The summed E-state index contributed by atoms with van der Waals surface area (Å²) in [6.07, 6.45) is 14.0. The van der Waals surface area contributed by atoms with Gasteiger partial charge in [-0.3, -0.25) is 0 Å². The number of thiocyanates is 1. The minimum absolute atomic E-state index is 0.239. The number of hydrogen-bond acceptors (Lipinski definition) is 2. The molecule has 3 rings (SSSR count). The molecule has 0 aliphatic heterocycles. The summed E-state index contributed by atoms with van der Waals surface area (Å²) in [4.78, 5) is -0.239. The van der Waals surface area contributed by atoms with Gasteiger partial charge in [0, 0.05) is 0 Å². The lowest BCUT2D eigenvalue weighted by atomic mass is 9.78. The molecule has 0 amide bonds. The molecule has 4 heteroatoms. The third kappa shape index (κ3) is 5.56. The van der Waals surface area contributed by atoms with Crippen LogP contribution in [0.2, 0.25) is 0 Å².